The zero-order valence-electron chi connectivity index (χ0n) is 15.1. The van der Waals surface area contributed by atoms with E-state index in [0.717, 1.165) is 6.20 Å². The lowest BCUT2D eigenvalue weighted by Crippen LogP contribution is -2.15. The molecule has 0 radical (unpaired) electrons. The summed E-state index contributed by atoms with van der Waals surface area (Å²) in [4.78, 5) is 0. The average molecular weight is 455 g/mol. The Morgan fingerprint density at radius 2 is 1.73 bits per heavy atom. The van der Waals surface area contributed by atoms with Gasteiger partial charge in [0, 0.05) is 5.02 Å². The Bertz CT molecular complexity index is 1200. The van der Waals surface area contributed by atoms with Gasteiger partial charge in [-0.15, -0.1) is 5.10 Å². The lowest BCUT2D eigenvalue weighted by Gasteiger charge is -2.14. The van der Waals surface area contributed by atoms with E-state index in [9.17, 15) is 13.2 Å². The molecule has 7 nitrogen and oxygen atoms in total. The number of hydrogen-bond donors (Lipinski definition) is 0. The highest BCUT2D eigenvalue weighted by Crippen LogP contribution is 2.39. The van der Waals surface area contributed by atoms with Gasteiger partial charge in [-0.05, 0) is 52.9 Å². The van der Waals surface area contributed by atoms with E-state index < -0.39 is 11.9 Å². The second kappa shape index (κ2) is 7.62. The molecule has 0 atom stereocenters. The fraction of sp³-hybridized carbons (Fsp3) is 0.111. The van der Waals surface area contributed by atoms with Crippen molar-refractivity contribution in [2.75, 3.05) is 7.11 Å². The quantitative estimate of drug-likeness (QED) is 0.440. The molecule has 2 aromatic heterocycles. The summed E-state index contributed by atoms with van der Waals surface area (Å²) in [6, 6.07) is 10.6. The van der Waals surface area contributed by atoms with E-state index in [1.54, 1.807) is 24.3 Å². The first-order chi connectivity index (χ1) is 14.3. The molecule has 2 heterocycles. The van der Waals surface area contributed by atoms with Crippen LogP contribution in [0.1, 0.15) is 5.69 Å². The number of ether oxygens (including phenoxy) is 1. The second-order valence-electron chi connectivity index (χ2n) is 6.02. The Morgan fingerprint density at radius 1 is 1.00 bits per heavy atom. The molecule has 0 saturated carbocycles. The molecular weight excluding hydrogens is 444 g/mol. The van der Waals surface area contributed by atoms with Gasteiger partial charge in [-0.1, -0.05) is 23.2 Å². The Balaban J connectivity index is 1.89. The van der Waals surface area contributed by atoms with E-state index in [-0.39, 0.29) is 27.1 Å². The fourth-order valence-corrected chi connectivity index (χ4v) is 3.36. The zero-order chi connectivity index (χ0) is 21.5. The third-order valence-electron chi connectivity index (χ3n) is 4.20. The van der Waals surface area contributed by atoms with Crippen LogP contribution in [0, 0.1) is 0 Å². The topological polar surface area (TPSA) is 70.7 Å². The van der Waals surface area contributed by atoms with Crippen molar-refractivity contribution < 1.29 is 17.9 Å². The van der Waals surface area contributed by atoms with Gasteiger partial charge in [0.05, 0.1) is 35.3 Å². The minimum absolute atomic E-state index is 0.0115. The Kier molecular flexibility index (Phi) is 5.12. The molecule has 2 aromatic carbocycles. The number of nitrogens with zero attached hydrogens (tertiary/aromatic N) is 6. The first-order valence-corrected chi connectivity index (χ1v) is 9.09. The monoisotopic (exact) mass is 454 g/mol. The molecule has 154 valence electrons. The zero-order valence-corrected chi connectivity index (χ0v) is 16.6. The van der Waals surface area contributed by atoms with Gasteiger partial charge in [0.1, 0.15) is 5.75 Å². The molecule has 0 aliphatic heterocycles. The molecule has 0 saturated heterocycles. The summed E-state index contributed by atoms with van der Waals surface area (Å²) in [7, 11) is 1.50. The van der Waals surface area contributed by atoms with E-state index in [4.69, 9.17) is 27.9 Å². The minimum Gasteiger partial charge on any atom is -0.497 e. The van der Waals surface area contributed by atoms with Crippen molar-refractivity contribution in [3.05, 3.63) is 64.4 Å². The number of halogens is 5. The molecule has 0 aliphatic rings. The molecule has 0 unspecified atom stereocenters. The number of hydrogen-bond acceptors (Lipinski definition) is 5. The lowest BCUT2D eigenvalue weighted by molar-refractivity contribution is -0.142. The molecule has 0 N–H and O–H groups in total. The Morgan fingerprint density at radius 3 is 2.37 bits per heavy atom. The van der Waals surface area contributed by atoms with Gasteiger partial charge in [-0.25, -0.2) is 4.68 Å². The van der Waals surface area contributed by atoms with Gasteiger partial charge in [-0.3, -0.25) is 0 Å². The SMILES string of the molecule is COc1ccc(-n2nnnc2-c2cnn(-c3ccc(Cl)cc3Cl)c2C(F)(F)F)cc1. The lowest BCUT2D eigenvalue weighted by atomic mass is 10.2. The molecular formula is C18H11Cl2F3N6O. The maximum Gasteiger partial charge on any atom is 0.434 e. The van der Waals surface area contributed by atoms with Crippen LogP contribution in [0.15, 0.2) is 48.7 Å². The first kappa shape index (κ1) is 20.2. The summed E-state index contributed by atoms with van der Waals surface area (Å²) in [6.45, 7) is 0. The second-order valence-corrected chi connectivity index (χ2v) is 6.87. The Hall–Kier alpha value is -3.11. The summed E-state index contributed by atoms with van der Waals surface area (Å²) < 4.78 is 49.1. The van der Waals surface area contributed by atoms with Crippen LogP contribution in [0.5, 0.6) is 5.75 Å². The van der Waals surface area contributed by atoms with Gasteiger partial charge in [-0.2, -0.15) is 23.0 Å². The normalized spacial score (nSPS) is 11.7. The van der Waals surface area contributed by atoms with Gasteiger partial charge in [0.2, 0.25) is 0 Å². The third-order valence-corrected chi connectivity index (χ3v) is 4.74. The van der Waals surface area contributed by atoms with Gasteiger partial charge >= 0.3 is 6.18 Å². The predicted molar refractivity (Wildman–Crippen MR) is 103 cm³/mol. The maximum absolute atomic E-state index is 14.0. The number of methoxy groups -OCH3 is 1. The molecule has 0 amide bonds. The number of aromatic nitrogens is 6. The smallest absolute Gasteiger partial charge is 0.434 e. The summed E-state index contributed by atoms with van der Waals surface area (Å²) in [5.74, 6) is 0.443. The van der Waals surface area contributed by atoms with E-state index in [1.165, 1.54) is 30.0 Å². The van der Waals surface area contributed by atoms with Gasteiger partial charge < -0.3 is 4.74 Å². The van der Waals surface area contributed by atoms with Crippen LogP contribution in [0.3, 0.4) is 0 Å². The molecule has 0 bridgehead atoms. The van der Waals surface area contributed by atoms with Crippen molar-refractivity contribution in [1.29, 1.82) is 0 Å². The maximum atomic E-state index is 14.0. The number of tetrazole rings is 1. The highest BCUT2D eigenvalue weighted by atomic mass is 35.5. The van der Waals surface area contributed by atoms with Crippen molar-refractivity contribution in [1.82, 2.24) is 30.0 Å². The molecule has 30 heavy (non-hydrogen) atoms. The molecule has 4 rings (SSSR count). The summed E-state index contributed by atoms with van der Waals surface area (Å²) in [5, 5.41) is 15.3. The third kappa shape index (κ3) is 3.59. The van der Waals surface area contributed by atoms with E-state index in [1.807, 2.05) is 0 Å². The standard InChI is InChI=1S/C18H11Cl2F3N6O/c1-30-12-5-3-11(4-6-12)28-17(25-26-27-28)13-9-24-29(16(13)18(21,22)23)15-7-2-10(19)8-14(15)20/h2-9H,1H3. The molecule has 12 heteroatoms. The first-order valence-electron chi connectivity index (χ1n) is 8.33. The summed E-state index contributed by atoms with van der Waals surface area (Å²) in [6.07, 6.45) is -3.73. The molecule has 0 aliphatic carbocycles. The van der Waals surface area contributed by atoms with Crippen LogP contribution >= 0.6 is 23.2 Å². The van der Waals surface area contributed by atoms with Crippen LogP contribution in [-0.4, -0.2) is 37.1 Å². The van der Waals surface area contributed by atoms with Crippen molar-refractivity contribution in [2.45, 2.75) is 6.18 Å². The van der Waals surface area contributed by atoms with Crippen molar-refractivity contribution in [3.8, 4) is 28.5 Å². The highest BCUT2D eigenvalue weighted by Gasteiger charge is 2.40. The highest BCUT2D eigenvalue weighted by molar-refractivity contribution is 6.35. The van der Waals surface area contributed by atoms with Crippen LogP contribution < -0.4 is 4.74 Å². The molecule has 4 aromatic rings. The number of alkyl halides is 3. The minimum atomic E-state index is -4.77. The van der Waals surface area contributed by atoms with Gasteiger partial charge in [0.15, 0.2) is 11.5 Å². The number of benzene rings is 2. The van der Waals surface area contributed by atoms with E-state index >= 15 is 0 Å². The van der Waals surface area contributed by atoms with Gasteiger partial charge in [0.25, 0.3) is 0 Å². The van der Waals surface area contributed by atoms with E-state index in [2.05, 4.69) is 20.6 Å². The van der Waals surface area contributed by atoms with Crippen molar-refractivity contribution in [2.24, 2.45) is 0 Å². The van der Waals surface area contributed by atoms with Crippen molar-refractivity contribution >= 4 is 23.2 Å². The number of rotatable bonds is 4. The molecule has 0 spiro atoms. The van der Waals surface area contributed by atoms with Crippen LogP contribution in [-0.2, 0) is 6.18 Å². The largest absolute Gasteiger partial charge is 0.497 e. The predicted octanol–water partition coefficient (Wildman–Crippen LogP) is 4.85. The average Bonchev–Trinajstić information content (AvgIpc) is 3.34. The fourth-order valence-electron chi connectivity index (χ4n) is 2.87. The van der Waals surface area contributed by atoms with Crippen LogP contribution in [0.2, 0.25) is 10.0 Å². The van der Waals surface area contributed by atoms with Crippen molar-refractivity contribution in [3.63, 3.8) is 0 Å². The Labute approximate surface area is 177 Å². The molecule has 0 fully saturated rings. The van der Waals surface area contributed by atoms with E-state index in [0.29, 0.717) is 16.1 Å². The van der Waals surface area contributed by atoms with Crippen LogP contribution in [0.25, 0.3) is 22.8 Å². The summed E-state index contributed by atoms with van der Waals surface area (Å²) in [5.41, 5.74) is -0.921. The van der Waals surface area contributed by atoms with Crippen LogP contribution in [0.4, 0.5) is 13.2 Å². The summed E-state index contributed by atoms with van der Waals surface area (Å²) >= 11 is 12.0.